The highest BCUT2D eigenvalue weighted by atomic mass is 16.5. The van der Waals surface area contributed by atoms with Crippen LogP contribution in [0.1, 0.15) is 19.7 Å². The van der Waals surface area contributed by atoms with Crippen molar-refractivity contribution < 1.29 is 9.47 Å². The Hall–Kier alpha value is -1.36. The Morgan fingerprint density at radius 1 is 1.60 bits per heavy atom. The molecule has 1 unspecified atom stereocenters. The molecule has 1 rings (SSSR count). The highest BCUT2D eigenvalue weighted by molar-refractivity contribution is 5.08. The predicted octanol–water partition coefficient (Wildman–Crippen LogP) is 0.882. The van der Waals surface area contributed by atoms with E-state index in [1.165, 1.54) is 6.07 Å². The Kier molecular flexibility index (Phi) is 4.30. The summed E-state index contributed by atoms with van der Waals surface area (Å²) in [7, 11) is 0. The van der Waals surface area contributed by atoms with Gasteiger partial charge in [-0.2, -0.15) is 0 Å². The number of aromatic nitrogens is 2. The lowest BCUT2D eigenvalue weighted by Crippen LogP contribution is -2.21. The minimum Gasteiger partial charge on any atom is -0.472 e. The fraction of sp³-hybridized carbons (Fsp3) is 0.600. The van der Waals surface area contributed by atoms with Crippen molar-refractivity contribution in [3.05, 3.63) is 22.2 Å². The molecule has 0 amide bonds. The maximum atomic E-state index is 11.1. The van der Waals surface area contributed by atoms with Crippen LogP contribution in [-0.4, -0.2) is 29.3 Å². The molecule has 15 heavy (non-hydrogen) atoms. The van der Waals surface area contributed by atoms with Crippen LogP contribution in [0, 0.1) is 6.92 Å². The summed E-state index contributed by atoms with van der Waals surface area (Å²) in [5, 5.41) is 0. The van der Waals surface area contributed by atoms with Gasteiger partial charge in [-0.15, -0.1) is 0 Å². The fourth-order valence-corrected chi connectivity index (χ4v) is 1.14. The van der Waals surface area contributed by atoms with Gasteiger partial charge in [-0.3, -0.25) is 4.79 Å². The van der Waals surface area contributed by atoms with Crippen molar-refractivity contribution in [2.45, 2.75) is 26.9 Å². The molecule has 0 aliphatic rings. The van der Waals surface area contributed by atoms with E-state index in [1.807, 2.05) is 13.8 Å². The highest BCUT2D eigenvalue weighted by Gasteiger charge is 2.05. The summed E-state index contributed by atoms with van der Waals surface area (Å²) in [6, 6.07) is 1.33. The Morgan fingerprint density at radius 3 is 2.93 bits per heavy atom. The zero-order valence-corrected chi connectivity index (χ0v) is 9.24. The molecule has 1 atom stereocenters. The van der Waals surface area contributed by atoms with Crippen molar-refractivity contribution >= 4 is 0 Å². The molecular weight excluding hydrogens is 196 g/mol. The van der Waals surface area contributed by atoms with E-state index in [1.54, 1.807) is 6.92 Å². The molecule has 0 bridgehead atoms. The van der Waals surface area contributed by atoms with E-state index in [9.17, 15) is 4.79 Å². The summed E-state index contributed by atoms with van der Waals surface area (Å²) < 4.78 is 10.6. The van der Waals surface area contributed by atoms with E-state index in [2.05, 4.69) is 9.97 Å². The van der Waals surface area contributed by atoms with Gasteiger partial charge in [0.15, 0.2) is 0 Å². The minimum absolute atomic E-state index is 0.112. The Balaban J connectivity index is 2.60. The van der Waals surface area contributed by atoms with Gasteiger partial charge in [0.05, 0.1) is 12.7 Å². The molecule has 84 valence electrons. The predicted molar refractivity (Wildman–Crippen MR) is 56.2 cm³/mol. The van der Waals surface area contributed by atoms with Gasteiger partial charge in [0.1, 0.15) is 11.9 Å². The molecule has 1 aromatic heterocycles. The molecule has 0 fully saturated rings. The van der Waals surface area contributed by atoms with Crippen molar-refractivity contribution in [3.8, 4) is 5.88 Å². The Bertz CT molecular complexity index is 362. The Labute approximate surface area is 88.4 Å². The standard InChI is InChI=1S/C10H16N2O3/c1-4-14-6-7(2)15-10-5-9(13)11-8(3)12-10/h5,7H,4,6H2,1-3H3,(H,11,12,13). The van der Waals surface area contributed by atoms with E-state index in [4.69, 9.17) is 9.47 Å². The van der Waals surface area contributed by atoms with Gasteiger partial charge in [0.25, 0.3) is 5.56 Å². The molecule has 0 saturated carbocycles. The summed E-state index contributed by atoms with van der Waals surface area (Å²) in [5.74, 6) is 0.879. The van der Waals surface area contributed by atoms with E-state index in [-0.39, 0.29) is 11.7 Å². The van der Waals surface area contributed by atoms with E-state index < -0.39 is 0 Å². The number of nitrogens with zero attached hydrogens (tertiary/aromatic N) is 1. The lowest BCUT2D eigenvalue weighted by molar-refractivity contribution is 0.0631. The van der Waals surface area contributed by atoms with E-state index in [0.29, 0.717) is 24.9 Å². The van der Waals surface area contributed by atoms with Crippen LogP contribution < -0.4 is 10.3 Å². The Morgan fingerprint density at radius 2 is 2.33 bits per heavy atom. The molecule has 0 radical (unpaired) electrons. The smallest absolute Gasteiger partial charge is 0.254 e. The van der Waals surface area contributed by atoms with Crippen LogP contribution in [0.5, 0.6) is 5.88 Å². The van der Waals surface area contributed by atoms with Crippen LogP contribution in [0.3, 0.4) is 0 Å². The van der Waals surface area contributed by atoms with Gasteiger partial charge in [-0.1, -0.05) is 0 Å². The second-order valence-electron chi connectivity index (χ2n) is 3.26. The number of H-pyrrole nitrogens is 1. The third-order valence-corrected chi connectivity index (χ3v) is 1.72. The number of rotatable bonds is 5. The SMILES string of the molecule is CCOCC(C)Oc1cc(=O)[nH]c(C)n1. The fourth-order valence-electron chi connectivity index (χ4n) is 1.14. The van der Waals surface area contributed by atoms with E-state index in [0.717, 1.165) is 0 Å². The van der Waals surface area contributed by atoms with Gasteiger partial charge in [-0.25, -0.2) is 4.98 Å². The molecule has 5 nitrogen and oxygen atoms in total. The minimum atomic E-state index is -0.207. The number of ether oxygens (including phenoxy) is 2. The molecule has 0 saturated heterocycles. The normalized spacial score (nSPS) is 12.5. The summed E-state index contributed by atoms with van der Waals surface area (Å²) in [6.45, 7) is 6.64. The van der Waals surface area contributed by atoms with Crippen LogP contribution in [0.4, 0.5) is 0 Å². The van der Waals surface area contributed by atoms with Crippen LogP contribution in [-0.2, 0) is 4.74 Å². The number of aromatic amines is 1. The van der Waals surface area contributed by atoms with Gasteiger partial charge in [0.2, 0.25) is 5.88 Å². The highest BCUT2D eigenvalue weighted by Crippen LogP contribution is 2.05. The van der Waals surface area contributed by atoms with Crippen molar-refractivity contribution in [2.24, 2.45) is 0 Å². The lowest BCUT2D eigenvalue weighted by atomic mass is 10.4. The van der Waals surface area contributed by atoms with E-state index >= 15 is 0 Å². The molecule has 5 heteroatoms. The van der Waals surface area contributed by atoms with Crippen LogP contribution >= 0.6 is 0 Å². The summed E-state index contributed by atoms with van der Waals surface area (Å²) >= 11 is 0. The first-order valence-electron chi connectivity index (χ1n) is 4.94. The van der Waals surface area contributed by atoms with Crippen LogP contribution in [0.25, 0.3) is 0 Å². The average Bonchev–Trinajstić information content (AvgIpc) is 2.13. The van der Waals surface area contributed by atoms with Crippen molar-refractivity contribution in [1.82, 2.24) is 9.97 Å². The van der Waals surface area contributed by atoms with Crippen molar-refractivity contribution in [1.29, 1.82) is 0 Å². The first kappa shape index (κ1) is 11.7. The second-order valence-corrected chi connectivity index (χ2v) is 3.26. The van der Waals surface area contributed by atoms with Gasteiger partial charge >= 0.3 is 0 Å². The number of aryl methyl sites for hydroxylation is 1. The van der Waals surface area contributed by atoms with Crippen molar-refractivity contribution in [3.63, 3.8) is 0 Å². The zero-order chi connectivity index (χ0) is 11.3. The molecule has 1 heterocycles. The molecule has 0 aliphatic carbocycles. The molecule has 0 aromatic carbocycles. The quantitative estimate of drug-likeness (QED) is 0.787. The molecule has 1 N–H and O–H groups in total. The van der Waals surface area contributed by atoms with Crippen LogP contribution in [0.15, 0.2) is 10.9 Å². The third kappa shape index (κ3) is 4.12. The van der Waals surface area contributed by atoms with Gasteiger partial charge in [-0.05, 0) is 20.8 Å². The molecule has 0 spiro atoms. The monoisotopic (exact) mass is 212 g/mol. The number of nitrogens with one attached hydrogen (secondary N) is 1. The number of hydrogen-bond donors (Lipinski definition) is 1. The molecule has 1 aromatic rings. The topological polar surface area (TPSA) is 64.2 Å². The first-order valence-corrected chi connectivity index (χ1v) is 4.94. The van der Waals surface area contributed by atoms with Crippen LogP contribution in [0.2, 0.25) is 0 Å². The number of hydrogen-bond acceptors (Lipinski definition) is 4. The van der Waals surface area contributed by atoms with Crippen molar-refractivity contribution in [2.75, 3.05) is 13.2 Å². The van der Waals surface area contributed by atoms with Gasteiger partial charge < -0.3 is 14.5 Å². The second kappa shape index (κ2) is 5.50. The third-order valence-electron chi connectivity index (χ3n) is 1.72. The summed E-state index contributed by atoms with van der Waals surface area (Å²) in [5.41, 5.74) is -0.207. The maximum absolute atomic E-state index is 11.1. The average molecular weight is 212 g/mol. The molecular formula is C10H16N2O3. The first-order chi connectivity index (χ1) is 7.11. The zero-order valence-electron chi connectivity index (χ0n) is 9.24. The van der Waals surface area contributed by atoms with Gasteiger partial charge in [0, 0.05) is 6.61 Å². The summed E-state index contributed by atoms with van der Waals surface area (Å²) in [6.07, 6.45) is -0.112. The largest absolute Gasteiger partial charge is 0.472 e. The maximum Gasteiger partial charge on any atom is 0.254 e. The molecule has 0 aliphatic heterocycles. The summed E-state index contributed by atoms with van der Waals surface area (Å²) in [4.78, 5) is 17.7. The lowest BCUT2D eigenvalue weighted by Gasteiger charge is -2.13.